The highest BCUT2D eigenvalue weighted by Crippen LogP contribution is 2.19. The summed E-state index contributed by atoms with van der Waals surface area (Å²) >= 11 is 10.8. The number of carbonyl (C=O) groups excluding carboxylic acids is 1. The molecule has 0 radical (unpaired) electrons. The van der Waals surface area contributed by atoms with Crippen LogP contribution in [0.5, 0.6) is 0 Å². The molecule has 0 fully saturated rings. The Morgan fingerprint density at radius 2 is 1.96 bits per heavy atom. The van der Waals surface area contributed by atoms with E-state index in [1.807, 2.05) is 19.1 Å². The van der Waals surface area contributed by atoms with Crippen molar-refractivity contribution < 1.29 is 4.79 Å². The van der Waals surface area contributed by atoms with Gasteiger partial charge in [0.15, 0.2) is 4.77 Å². The Bertz CT molecular complexity index is 827. The van der Waals surface area contributed by atoms with Gasteiger partial charge in [0.05, 0.1) is 6.04 Å². The standard InChI is InChI=1S/C17H20ClN3O2S/c1-3-14(11-4-6-12(18)7-5-11)20-15(22)9-8-13-10(2)19-17(24)21-16(13)23/h4-7,14H,3,8-9H2,1-2H3,(H,20,22)(H2,19,21,23,24)/t14-/m1/s1. The molecule has 1 aromatic heterocycles. The summed E-state index contributed by atoms with van der Waals surface area (Å²) in [5.41, 5.74) is 2.02. The van der Waals surface area contributed by atoms with Crippen LogP contribution in [-0.2, 0) is 11.2 Å². The van der Waals surface area contributed by atoms with Gasteiger partial charge in [0.2, 0.25) is 5.91 Å². The number of hydrogen-bond donors (Lipinski definition) is 3. The van der Waals surface area contributed by atoms with Gasteiger partial charge in [0.25, 0.3) is 5.56 Å². The van der Waals surface area contributed by atoms with E-state index in [1.165, 1.54) is 0 Å². The molecule has 0 spiro atoms. The van der Waals surface area contributed by atoms with Gasteiger partial charge in [-0.15, -0.1) is 0 Å². The van der Waals surface area contributed by atoms with Crippen molar-refractivity contribution in [3.05, 3.63) is 61.2 Å². The predicted octanol–water partition coefficient (Wildman–Crippen LogP) is 3.59. The second kappa shape index (κ2) is 8.26. The zero-order valence-corrected chi connectivity index (χ0v) is 15.2. The second-order valence-corrected chi connectivity index (χ2v) is 6.44. The molecule has 1 atom stereocenters. The van der Waals surface area contributed by atoms with Crippen LogP contribution in [0.25, 0.3) is 0 Å². The van der Waals surface area contributed by atoms with E-state index in [1.54, 1.807) is 19.1 Å². The average Bonchev–Trinajstić information content (AvgIpc) is 2.52. The van der Waals surface area contributed by atoms with E-state index >= 15 is 0 Å². The van der Waals surface area contributed by atoms with Crippen molar-refractivity contribution >= 4 is 29.7 Å². The van der Waals surface area contributed by atoms with E-state index in [0.29, 0.717) is 27.5 Å². The Hall–Kier alpha value is -1.92. The summed E-state index contributed by atoms with van der Waals surface area (Å²) in [4.78, 5) is 29.6. The van der Waals surface area contributed by atoms with E-state index in [0.717, 1.165) is 12.0 Å². The molecule has 1 aromatic carbocycles. The number of amides is 1. The molecule has 0 aliphatic carbocycles. The van der Waals surface area contributed by atoms with Gasteiger partial charge >= 0.3 is 0 Å². The van der Waals surface area contributed by atoms with Gasteiger partial charge in [-0.3, -0.25) is 14.6 Å². The molecule has 2 rings (SSSR count). The lowest BCUT2D eigenvalue weighted by Gasteiger charge is -2.17. The zero-order chi connectivity index (χ0) is 17.7. The summed E-state index contributed by atoms with van der Waals surface area (Å²) in [6.45, 7) is 3.78. The van der Waals surface area contributed by atoms with Crippen LogP contribution < -0.4 is 10.9 Å². The Kier molecular flexibility index (Phi) is 6.34. The molecule has 0 aliphatic heterocycles. The Morgan fingerprint density at radius 3 is 2.54 bits per heavy atom. The summed E-state index contributed by atoms with van der Waals surface area (Å²) in [7, 11) is 0. The highest BCUT2D eigenvalue weighted by Gasteiger charge is 2.14. The number of halogens is 1. The molecule has 128 valence electrons. The SMILES string of the molecule is CC[C@@H](NC(=O)CCc1c(C)[nH]c(=S)[nH]c1=O)c1ccc(Cl)cc1. The lowest BCUT2D eigenvalue weighted by Crippen LogP contribution is -2.29. The first-order valence-electron chi connectivity index (χ1n) is 7.77. The molecule has 1 heterocycles. The van der Waals surface area contributed by atoms with Gasteiger partial charge in [0, 0.05) is 22.7 Å². The molecule has 0 bridgehead atoms. The van der Waals surface area contributed by atoms with Crippen LogP contribution in [0.15, 0.2) is 29.1 Å². The topological polar surface area (TPSA) is 77.8 Å². The van der Waals surface area contributed by atoms with Crippen molar-refractivity contribution in [3.8, 4) is 0 Å². The highest BCUT2D eigenvalue weighted by molar-refractivity contribution is 7.71. The van der Waals surface area contributed by atoms with E-state index in [9.17, 15) is 9.59 Å². The largest absolute Gasteiger partial charge is 0.349 e. The van der Waals surface area contributed by atoms with Crippen molar-refractivity contribution in [1.29, 1.82) is 0 Å². The first-order chi connectivity index (χ1) is 11.4. The minimum absolute atomic E-state index is 0.0734. The number of hydrogen-bond acceptors (Lipinski definition) is 3. The number of nitrogens with one attached hydrogen (secondary N) is 3. The Labute approximate surface area is 150 Å². The summed E-state index contributed by atoms with van der Waals surface area (Å²) in [6, 6.07) is 7.35. The fourth-order valence-corrected chi connectivity index (χ4v) is 2.92. The number of benzene rings is 1. The van der Waals surface area contributed by atoms with Crippen molar-refractivity contribution in [2.24, 2.45) is 0 Å². The summed E-state index contributed by atoms with van der Waals surface area (Å²) < 4.78 is 0.291. The molecule has 0 aliphatic rings. The van der Waals surface area contributed by atoms with Crippen LogP contribution >= 0.6 is 23.8 Å². The monoisotopic (exact) mass is 365 g/mol. The van der Waals surface area contributed by atoms with Gasteiger partial charge in [-0.1, -0.05) is 30.7 Å². The number of rotatable bonds is 6. The fourth-order valence-electron chi connectivity index (χ4n) is 2.55. The molecule has 1 amide bonds. The van der Waals surface area contributed by atoms with E-state index in [2.05, 4.69) is 15.3 Å². The third-order valence-electron chi connectivity index (χ3n) is 3.87. The number of aryl methyl sites for hydroxylation is 1. The third-order valence-corrected chi connectivity index (χ3v) is 4.33. The molecular formula is C17H20ClN3O2S. The molecule has 2 aromatic rings. The van der Waals surface area contributed by atoms with Gasteiger partial charge in [-0.05, 0) is 49.7 Å². The predicted molar refractivity (Wildman–Crippen MR) is 97.9 cm³/mol. The van der Waals surface area contributed by atoms with Gasteiger partial charge in [0.1, 0.15) is 0 Å². The normalized spacial score (nSPS) is 12.0. The Morgan fingerprint density at radius 1 is 1.29 bits per heavy atom. The average molecular weight is 366 g/mol. The quantitative estimate of drug-likeness (QED) is 0.684. The minimum Gasteiger partial charge on any atom is -0.349 e. The first-order valence-corrected chi connectivity index (χ1v) is 8.56. The maximum absolute atomic E-state index is 12.2. The highest BCUT2D eigenvalue weighted by atomic mass is 35.5. The molecule has 24 heavy (non-hydrogen) atoms. The lowest BCUT2D eigenvalue weighted by atomic mass is 10.0. The van der Waals surface area contributed by atoms with E-state index < -0.39 is 0 Å². The van der Waals surface area contributed by atoms with E-state index in [4.69, 9.17) is 23.8 Å². The molecule has 0 saturated carbocycles. The first kappa shape index (κ1) is 18.4. The minimum atomic E-state index is -0.242. The number of H-pyrrole nitrogens is 2. The molecule has 7 heteroatoms. The molecule has 0 unspecified atom stereocenters. The third kappa shape index (κ3) is 4.79. The summed E-state index contributed by atoms with van der Waals surface area (Å²) in [5.74, 6) is -0.0990. The van der Waals surface area contributed by atoms with Crippen LogP contribution in [-0.4, -0.2) is 15.9 Å². The van der Waals surface area contributed by atoms with E-state index in [-0.39, 0.29) is 23.9 Å². The second-order valence-electron chi connectivity index (χ2n) is 5.59. The van der Waals surface area contributed by atoms with Gasteiger partial charge in [-0.2, -0.15) is 0 Å². The molecule has 5 nitrogen and oxygen atoms in total. The van der Waals surface area contributed by atoms with Crippen LogP contribution in [0, 0.1) is 11.7 Å². The number of aromatic nitrogens is 2. The van der Waals surface area contributed by atoms with Crippen molar-refractivity contribution in [2.75, 3.05) is 0 Å². The summed E-state index contributed by atoms with van der Waals surface area (Å²) in [6.07, 6.45) is 1.36. The molecule has 0 saturated heterocycles. The smallest absolute Gasteiger partial charge is 0.255 e. The summed E-state index contributed by atoms with van der Waals surface area (Å²) in [5, 5.41) is 3.66. The lowest BCUT2D eigenvalue weighted by molar-refractivity contribution is -0.121. The van der Waals surface area contributed by atoms with Crippen LogP contribution in [0.1, 0.15) is 42.6 Å². The van der Waals surface area contributed by atoms with Crippen molar-refractivity contribution in [3.63, 3.8) is 0 Å². The number of carbonyl (C=O) groups is 1. The van der Waals surface area contributed by atoms with Crippen LogP contribution in [0.3, 0.4) is 0 Å². The molecular weight excluding hydrogens is 346 g/mol. The fraction of sp³-hybridized carbons (Fsp3) is 0.353. The van der Waals surface area contributed by atoms with Crippen molar-refractivity contribution in [2.45, 2.75) is 39.2 Å². The molecule has 3 N–H and O–H groups in total. The zero-order valence-electron chi connectivity index (χ0n) is 13.6. The maximum Gasteiger partial charge on any atom is 0.255 e. The number of aromatic amines is 2. The van der Waals surface area contributed by atoms with Crippen LogP contribution in [0.4, 0.5) is 0 Å². The Balaban J connectivity index is 2.01. The van der Waals surface area contributed by atoms with Crippen LogP contribution in [0.2, 0.25) is 5.02 Å². The van der Waals surface area contributed by atoms with Gasteiger partial charge in [-0.25, -0.2) is 0 Å². The van der Waals surface area contributed by atoms with Gasteiger partial charge < -0.3 is 10.3 Å². The maximum atomic E-state index is 12.2. The van der Waals surface area contributed by atoms with Crippen molar-refractivity contribution in [1.82, 2.24) is 15.3 Å².